The Kier molecular flexibility index (Phi) is 7.38. The van der Waals surface area contributed by atoms with Gasteiger partial charge in [-0.2, -0.15) is 4.31 Å². The molecule has 1 saturated heterocycles. The molecule has 3 heterocycles. The number of rotatable bonds is 7. The molecule has 0 unspecified atom stereocenters. The number of sulfonamides is 1. The molecule has 0 saturated carbocycles. The Morgan fingerprint density at radius 3 is 2.64 bits per heavy atom. The van der Waals surface area contributed by atoms with Crippen LogP contribution >= 0.6 is 23.1 Å². The Bertz CT molecular complexity index is 1470. The van der Waals surface area contributed by atoms with Crippen LogP contribution in [0, 0.1) is 0 Å². The summed E-state index contributed by atoms with van der Waals surface area (Å²) in [6.07, 6.45) is 4.33. The van der Waals surface area contributed by atoms with Crippen molar-refractivity contribution in [2.75, 3.05) is 17.6 Å². The van der Waals surface area contributed by atoms with Crippen molar-refractivity contribution in [2.45, 2.75) is 42.1 Å². The number of amides is 1. The van der Waals surface area contributed by atoms with Crippen LogP contribution in [0.25, 0.3) is 21.3 Å². The standard InChI is InChI=1S/C26H26N4O3S3/c1-18-7-5-6-14-30(18)36(32,33)21-12-10-20(11-13-21)29-23(31)16-35-26-24-22(19-8-3-2-4-9-19)15-34-25(24)27-17-28-26/h2-4,8-13,15,17-18H,5-7,14,16H2,1H3,(H,29,31)/t18-/m1/s1. The highest BCUT2D eigenvalue weighted by Crippen LogP contribution is 2.37. The number of carbonyl (C=O) groups excluding carboxylic acids is 1. The maximum atomic E-state index is 13.0. The second-order valence-corrected chi connectivity index (χ2v) is 12.4. The Morgan fingerprint density at radius 1 is 1.11 bits per heavy atom. The third kappa shape index (κ3) is 5.17. The van der Waals surface area contributed by atoms with Gasteiger partial charge in [0.2, 0.25) is 15.9 Å². The number of piperidine rings is 1. The van der Waals surface area contributed by atoms with Crippen molar-refractivity contribution in [3.63, 3.8) is 0 Å². The molecular weight excluding hydrogens is 513 g/mol. The molecule has 5 rings (SSSR count). The van der Waals surface area contributed by atoms with Crippen LogP contribution in [-0.4, -0.2) is 46.9 Å². The van der Waals surface area contributed by atoms with Gasteiger partial charge in [0.25, 0.3) is 0 Å². The van der Waals surface area contributed by atoms with Gasteiger partial charge in [-0.05, 0) is 49.6 Å². The van der Waals surface area contributed by atoms with Crippen molar-refractivity contribution in [3.05, 3.63) is 66.3 Å². The molecule has 1 atom stereocenters. The van der Waals surface area contributed by atoms with E-state index in [1.807, 2.05) is 37.3 Å². The zero-order valence-corrected chi connectivity index (χ0v) is 22.2. The number of thioether (sulfide) groups is 1. The summed E-state index contributed by atoms with van der Waals surface area (Å²) >= 11 is 2.91. The molecular formula is C26H26N4O3S3. The fourth-order valence-corrected chi connectivity index (χ4v) is 7.89. The highest BCUT2D eigenvalue weighted by Gasteiger charge is 2.30. The van der Waals surface area contributed by atoms with Crippen molar-refractivity contribution in [2.24, 2.45) is 0 Å². The Balaban J connectivity index is 1.26. The van der Waals surface area contributed by atoms with Gasteiger partial charge in [-0.15, -0.1) is 11.3 Å². The highest BCUT2D eigenvalue weighted by molar-refractivity contribution is 8.00. The van der Waals surface area contributed by atoms with Crippen LogP contribution in [0.4, 0.5) is 5.69 Å². The molecule has 7 nitrogen and oxygen atoms in total. The second-order valence-electron chi connectivity index (χ2n) is 8.70. The molecule has 1 N–H and O–H groups in total. The van der Waals surface area contributed by atoms with Gasteiger partial charge in [0, 0.05) is 29.2 Å². The molecule has 10 heteroatoms. The molecule has 1 aliphatic rings. The van der Waals surface area contributed by atoms with Crippen LogP contribution in [0.1, 0.15) is 26.2 Å². The summed E-state index contributed by atoms with van der Waals surface area (Å²) in [7, 11) is -3.54. The summed E-state index contributed by atoms with van der Waals surface area (Å²) in [4.78, 5) is 22.6. The van der Waals surface area contributed by atoms with E-state index in [4.69, 9.17) is 0 Å². The first-order valence-corrected chi connectivity index (χ1v) is 15.1. The van der Waals surface area contributed by atoms with Crippen molar-refractivity contribution >= 4 is 54.9 Å². The van der Waals surface area contributed by atoms with E-state index in [1.54, 1.807) is 39.9 Å². The molecule has 0 bridgehead atoms. The van der Waals surface area contributed by atoms with E-state index in [1.165, 1.54) is 18.1 Å². The quantitative estimate of drug-likeness (QED) is 0.241. The maximum Gasteiger partial charge on any atom is 0.243 e. The molecule has 1 amide bonds. The monoisotopic (exact) mass is 538 g/mol. The highest BCUT2D eigenvalue weighted by atomic mass is 32.2. The van der Waals surface area contributed by atoms with Gasteiger partial charge in [0.15, 0.2) is 0 Å². The van der Waals surface area contributed by atoms with E-state index in [9.17, 15) is 13.2 Å². The van der Waals surface area contributed by atoms with Gasteiger partial charge in [-0.25, -0.2) is 18.4 Å². The molecule has 4 aromatic rings. The van der Waals surface area contributed by atoms with E-state index in [-0.39, 0.29) is 22.6 Å². The van der Waals surface area contributed by atoms with Crippen LogP contribution in [0.2, 0.25) is 0 Å². The lowest BCUT2D eigenvalue weighted by Gasteiger charge is -2.32. The molecule has 2 aromatic heterocycles. The fourth-order valence-electron chi connectivity index (χ4n) is 4.39. The maximum absolute atomic E-state index is 13.0. The first-order chi connectivity index (χ1) is 17.4. The summed E-state index contributed by atoms with van der Waals surface area (Å²) in [6, 6.07) is 16.5. The minimum absolute atomic E-state index is 0.000879. The number of hydrogen-bond acceptors (Lipinski definition) is 7. The summed E-state index contributed by atoms with van der Waals surface area (Å²) in [6.45, 7) is 2.50. The molecule has 36 heavy (non-hydrogen) atoms. The Morgan fingerprint density at radius 2 is 1.89 bits per heavy atom. The molecule has 2 aromatic carbocycles. The summed E-state index contributed by atoms with van der Waals surface area (Å²) < 4.78 is 27.6. The van der Waals surface area contributed by atoms with Gasteiger partial charge >= 0.3 is 0 Å². The summed E-state index contributed by atoms with van der Waals surface area (Å²) in [5, 5.41) is 6.64. The number of anilines is 1. The Labute approximate surface area is 219 Å². The number of aromatic nitrogens is 2. The Hall–Kier alpha value is -2.79. The minimum atomic E-state index is -3.54. The number of thiophene rings is 1. The van der Waals surface area contributed by atoms with Gasteiger partial charge in [-0.1, -0.05) is 48.5 Å². The van der Waals surface area contributed by atoms with Crippen LogP contribution in [0.15, 0.2) is 76.2 Å². The van der Waals surface area contributed by atoms with Gasteiger partial charge in [0.1, 0.15) is 16.2 Å². The average Bonchev–Trinajstić information content (AvgIpc) is 3.33. The molecule has 0 spiro atoms. The SMILES string of the molecule is C[C@@H]1CCCCN1S(=O)(=O)c1ccc(NC(=O)CSc2ncnc3scc(-c4ccccc4)c23)cc1. The van der Waals surface area contributed by atoms with Crippen LogP contribution < -0.4 is 5.32 Å². The van der Waals surface area contributed by atoms with Crippen LogP contribution in [0.3, 0.4) is 0 Å². The molecule has 1 aliphatic heterocycles. The fraction of sp³-hybridized carbons (Fsp3) is 0.269. The first kappa shape index (κ1) is 24.9. The van der Waals surface area contributed by atoms with Crippen molar-refractivity contribution in [1.29, 1.82) is 0 Å². The van der Waals surface area contributed by atoms with Gasteiger partial charge < -0.3 is 5.32 Å². The normalized spacial score (nSPS) is 16.8. The summed E-state index contributed by atoms with van der Waals surface area (Å²) in [5.41, 5.74) is 2.69. The first-order valence-electron chi connectivity index (χ1n) is 11.8. The lowest BCUT2D eigenvalue weighted by Crippen LogP contribution is -2.41. The van der Waals surface area contributed by atoms with E-state index < -0.39 is 10.0 Å². The zero-order valence-electron chi connectivity index (χ0n) is 19.8. The summed E-state index contributed by atoms with van der Waals surface area (Å²) in [5.74, 6) is -0.0230. The van der Waals surface area contributed by atoms with E-state index >= 15 is 0 Å². The minimum Gasteiger partial charge on any atom is -0.325 e. The number of hydrogen-bond donors (Lipinski definition) is 1. The predicted octanol–water partition coefficient (Wildman–Crippen LogP) is 5.65. The number of nitrogens with zero attached hydrogens (tertiary/aromatic N) is 3. The third-order valence-electron chi connectivity index (χ3n) is 6.25. The van der Waals surface area contributed by atoms with Crippen LogP contribution in [-0.2, 0) is 14.8 Å². The number of fused-ring (bicyclic) bond motifs is 1. The van der Waals surface area contributed by atoms with E-state index in [0.29, 0.717) is 12.2 Å². The lowest BCUT2D eigenvalue weighted by atomic mass is 10.1. The molecule has 0 aliphatic carbocycles. The van der Waals surface area contributed by atoms with Crippen molar-refractivity contribution in [1.82, 2.24) is 14.3 Å². The van der Waals surface area contributed by atoms with Gasteiger partial charge in [-0.3, -0.25) is 4.79 Å². The second kappa shape index (κ2) is 10.7. The van der Waals surface area contributed by atoms with Crippen molar-refractivity contribution < 1.29 is 13.2 Å². The van der Waals surface area contributed by atoms with E-state index in [2.05, 4.69) is 20.7 Å². The van der Waals surface area contributed by atoms with Gasteiger partial charge in [0.05, 0.1) is 16.0 Å². The lowest BCUT2D eigenvalue weighted by molar-refractivity contribution is -0.113. The number of carbonyl (C=O) groups is 1. The largest absolute Gasteiger partial charge is 0.325 e. The topological polar surface area (TPSA) is 92.3 Å². The average molecular weight is 539 g/mol. The molecule has 0 radical (unpaired) electrons. The number of benzene rings is 2. The number of nitrogens with one attached hydrogen (secondary N) is 1. The van der Waals surface area contributed by atoms with Crippen LogP contribution in [0.5, 0.6) is 0 Å². The predicted molar refractivity (Wildman–Crippen MR) is 146 cm³/mol. The van der Waals surface area contributed by atoms with E-state index in [0.717, 1.165) is 45.6 Å². The smallest absolute Gasteiger partial charge is 0.243 e. The molecule has 1 fully saturated rings. The third-order valence-corrected chi connectivity index (χ3v) is 10.2. The molecule has 186 valence electrons. The van der Waals surface area contributed by atoms with Crippen molar-refractivity contribution in [3.8, 4) is 11.1 Å². The zero-order chi connectivity index (χ0) is 25.1.